The van der Waals surface area contributed by atoms with Crippen LogP contribution in [-0.4, -0.2) is 10.5 Å². The fraction of sp³-hybridized carbons (Fsp3) is 0.130. The Morgan fingerprint density at radius 2 is 1.79 bits per heavy atom. The highest BCUT2D eigenvalue weighted by molar-refractivity contribution is 6.06. The van der Waals surface area contributed by atoms with Gasteiger partial charge in [-0.1, -0.05) is 48.0 Å². The molecule has 0 aliphatic heterocycles. The number of carbonyl (C=O) groups excluding carboxylic acids is 1. The predicted octanol–water partition coefficient (Wildman–Crippen LogP) is 4.51. The predicted molar refractivity (Wildman–Crippen MR) is 110 cm³/mol. The molecule has 0 saturated heterocycles. The second-order valence-electron chi connectivity index (χ2n) is 6.89. The summed E-state index contributed by atoms with van der Waals surface area (Å²) in [4.78, 5) is 25.0. The fourth-order valence-electron chi connectivity index (χ4n) is 3.27. The van der Waals surface area contributed by atoms with Crippen molar-refractivity contribution in [1.82, 2.24) is 4.57 Å². The number of fused-ring (bicyclic) bond motifs is 1. The molecule has 0 fully saturated rings. The monoisotopic (exact) mass is 372 g/mol. The minimum atomic E-state index is -0.439. The molecular formula is C23H20N2O3. The van der Waals surface area contributed by atoms with Crippen molar-refractivity contribution in [3.05, 3.63) is 99.5 Å². The van der Waals surface area contributed by atoms with Crippen LogP contribution in [0.5, 0.6) is 0 Å². The lowest BCUT2D eigenvalue weighted by Crippen LogP contribution is -2.16. The van der Waals surface area contributed by atoms with E-state index in [-0.39, 0.29) is 5.91 Å². The molecule has 5 nitrogen and oxygen atoms in total. The van der Waals surface area contributed by atoms with Crippen molar-refractivity contribution < 1.29 is 9.21 Å². The number of amides is 1. The number of nitrogens with one attached hydrogen (secondary N) is 1. The van der Waals surface area contributed by atoms with Gasteiger partial charge in [0.2, 0.25) is 0 Å². The molecule has 1 heterocycles. The summed E-state index contributed by atoms with van der Waals surface area (Å²) >= 11 is 0. The van der Waals surface area contributed by atoms with E-state index in [9.17, 15) is 9.59 Å². The van der Waals surface area contributed by atoms with Crippen molar-refractivity contribution in [3.63, 3.8) is 0 Å². The molecule has 0 bridgehead atoms. The molecule has 1 aromatic heterocycles. The largest absolute Gasteiger partial charge is 0.420 e. The number of benzene rings is 3. The maximum atomic E-state index is 12.7. The first-order chi connectivity index (χ1) is 13.5. The van der Waals surface area contributed by atoms with Gasteiger partial charge in [0.1, 0.15) is 0 Å². The van der Waals surface area contributed by atoms with Crippen molar-refractivity contribution >= 4 is 22.7 Å². The van der Waals surface area contributed by atoms with Crippen LogP contribution in [0.15, 0.2) is 75.9 Å². The number of hydrogen-bond donors (Lipinski definition) is 1. The summed E-state index contributed by atoms with van der Waals surface area (Å²) < 4.78 is 6.87. The van der Waals surface area contributed by atoms with Gasteiger partial charge in [-0.15, -0.1) is 0 Å². The third kappa shape index (κ3) is 3.47. The van der Waals surface area contributed by atoms with Crippen molar-refractivity contribution in [2.75, 3.05) is 5.32 Å². The van der Waals surface area contributed by atoms with E-state index in [1.165, 1.54) is 0 Å². The molecule has 140 valence electrons. The van der Waals surface area contributed by atoms with Gasteiger partial charge in [-0.25, -0.2) is 4.79 Å². The molecule has 1 amide bonds. The first-order valence-electron chi connectivity index (χ1n) is 9.07. The molecule has 3 aromatic carbocycles. The number of aryl methyl sites for hydroxylation is 2. The maximum absolute atomic E-state index is 12.7. The number of anilines is 1. The second kappa shape index (κ2) is 7.19. The van der Waals surface area contributed by atoms with Crippen LogP contribution in [0.4, 0.5) is 5.69 Å². The van der Waals surface area contributed by atoms with Crippen LogP contribution in [0.1, 0.15) is 27.0 Å². The zero-order valence-electron chi connectivity index (χ0n) is 15.7. The lowest BCUT2D eigenvalue weighted by molar-refractivity contribution is 0.102. The third-order valence-electron chi connectivity index (χ3n) is 4.74. The number of carbonyl (C=O) groups is 1. The molecule has 4 aromatic rings. The average Bonchev–Trinajstić information content (AvgIpc) is 2.99. The summed E-state index contributed by atoms with van der Waals surface area (Å²) in [7, 11) is 0. The van der Waals surface area contributed by atoms with E-state index < -0.39 is 5.76 Å². The lowest BCUT2D eigenvalue weighted by Gasteiger charge is -2.09. The van der Waals surface area contributed by atoms with E-state index in [1.54, 1.807) is 22.8 Å². The molecule has 0 atom stereocenters. The summed E-state index contributed by atoms with van der Waals surface area (Å²) in [5, 5.41) is 2.94. The highest BCUT2D eigenvalue weighted by Crippen LogP contribution is 2.20. The van der Waals surface area contributed by atoms with Gasteiger partial charge in [0.15, 0.2) is 5.58 Å². The van der Waals surface area contributed by atoms with Gasteiger partial charge in [0, 0.05) is 11.3 Å². The van der Waals surface area contributed by atoms with Crippen LogP contribution < -0.4 is 11.1 Å². The molecule has 0 saturated carbocycles. The molecule has 0 unspecified atom stereocenters. The first kappa shape index (κ1) is 17.8. The SMILES string of the molecule is Cc1ccc(NC(=O)c2ccc3oc(=O)n(Cc4ccccc4)c3c2)c(C)c1. The van der Waals surface area contributed by atoms with E-state index in [0.29, 0.717) is 23.2 Å². The Morgan fingerprint density at radius 3 is 2.54 bits per heavy atom. The van der Waals surface area contributed by atoms with Gasteiger partial charge in [-0.05, 0) is 49.2 Å². The van der Waals surface area contributed by atoms with Gasteiger partial charge in [-0.2, -0.15) is 0 Å². The second-order valence-corrected chi connectivity index (χ2v) is 6.89. The summed E-state index contributed by atoms with van der Waals surface area (Å²) in [6.07, 6.45) is 0. The molecular weight excluding hydrogens is 352 g/mol. The third-order valence-corrected chi connectivity index (χ3v) is 4.74. The molecule has 4 rings (SSSR count). The average molecular weight is 372 g/mol. The topological polar surface area (TPSA) is 64.2 Å². The lowest BCUT2D eigenvalue weighted by atomic mass is 10.1. The van der Waals surface area contributed by atoms with Crippen LogP contribution in [0.3, 0.4) is 0 Å². The Morgan fingerprint density at radius 1 is 1.00 bits per heavy atom. The molecule has 28 heavy (non-hydrogen) atoms. The van der Waals surface area contributed by atoms with E-state index >= 15 is 0 Å². The molecule has 0 aliphatic carbocycles. The summed E-state index contributed by atoms with van der Waals surface area (Å²) in [6, 6.07) is 20.6. The van der Waals surface area contributed by atoms with Crippen molar-refractivity contribution in [1.29, 1.82) is 0 Å². The standard InChI is InChI=1S/C23H20N2O3/c1-15-8-10-19(16(2)12-15)24-22(26)18-9-11-21-20(13-18)25(23(27)28-21)14-17-6-4-3-5-7-17/h3-13H,14H2,1-2H3,(H,24,26). The minimum Gasteiger partial charge on any atom is -0.408 e. The quantitative estimate of drug-likeness (QED) is 0.573. The minimum absolute atomic E-state index is 0.228. The van der Waals surface area contributed by atoms with Crippen molar-refractivity contribution in [3.8, 4) is 0 Å². The Kier molecular flexibility index (Phi) is 4.57. The van der Waals surface area contributed by atoms with Crippen LogP contribution in [0, 0.1) is 13.8 Å². The molecule has 5 heteroatoms. The van der Waals surface area contributed by atoms with E-state index in [1.807, 2.05) is 62.4 Å². The number of aromatic nitrogens is 1. The van der Waals surface area contributed by atoms with E-state index in [2.05, 4.69) is 5.32 Å². The fourth-order valence-corrected chi connectivity index (χ4v) is 3.27. The number of hydrogen-bond acceptors (Lipinski definition) is 3. The normalized spacial score (nSPS) is 10.9. The van der Waals surface area contributed by atoms with Crippen LogP contribution in [0.25, 0.3) is 11.1 Å². The van der Waals surface area contributed by atoms with E-state index in [0.717, 1.165) is 22.4 Å². The van der Waals surface area contributed by atoms with Gasteiger partial charge in [0.05, 0.1) is 12.1 Å². The highest BCUT2D eigenvalue weighted by atomic mass is 16.4. The Bertz CT molecular complexity index is 1220. The zero-order chi connectivity index (χ0) is 19.7. The number of nitrogens with zero attached hydrogens (tertiary/aromatic N) is 1. The maximum Gasteiger partial charge on any atom is 0.420 e. The number of rotatable bonds is 4. The van der Waals surface area contributed by atoms with Gasteiger partial charge >= 0.3 is 5.76 Å². The van der Waals surface area contributed by atoms with Crippen LogP contribution >= 0.6 is 0 Å². The molecule has 0 radical (unpaired) electrons. The van der Waals surface area contributed by atoms with Crippen molar-refractivity contribution in [2.45, 2.75) is 20.4 Å². The van der Waals surface area contributed by atoms with Gasteiger partial charge < -0.3 is 9.73 Å². The Labute approximate surface area is 162 Å². The van der Waals surface area contributed by atoms with Gasteiger partial charge in [-0.3, -0.25) is 9.36 Å². The zero-order valence-corrected chi connectivity index (χ0v) is 15.7. The molecule has 1 N–H and O–H groups in total. The van der Waals surface area contributed by atoms with Gasteiger partial charge in [0.25, 0.3) is 5.91 Å². The first-order valence-corrected chi connectivity index (χ1v) is 9.07. The Hall–Kier alpha value is -3.60. The number of oxazole rings is 1. The molecule has 0 spiro atoms. The highest BCUT2D eigenvalue weighted by Gasteiger charge is 2.14. The van der Waals surface area contributed by atoms with Crippen molar-refractivity contribution in [2.24, 2.45) is 0 Å². The summed E-state index contributed by atoms with van der Waals surface area (Å²) in [5.74, 6) is -0.667. The smallest absolute Gasteiger partial charge is 0.408 e. The molecule has 0 aliphatic rings. The summed E-state index contributed by atoms with van der Waals surface area (Å²) in [5.41, 5.74) is 5.42. The van der Waals surface area contributed by atoms with Crippen LogP contribution in [-0.2, 0) is 6.54 Å². The summed E-state index contributed by atoms with van der Waals surface area (Å²) in [6.45, 7) is 4.35. The van der Waals surface area contributed by atoms with E-state index in [4.69, 9.17) is 4.42 Å². The Balaban J connectivity index is 1.67. The van der Waals surface area contributed by atoms with Crippen LogP contribution in [0.2, 0.25) is 0 Å².